The van der Waals surface area contributed by atoms with Gasteiger partial charge >= 0.3 is 0 Å². The highest BCUT2D eigenvalue weighted by molar-refractivity contribution is 7.18. The van der Waals surface area contributed by atoms with Gasteiger partial charge in [-0.3, -0.25) is 9.69 Å². The predicted octanol–water partition coefficient (Wildman–Crippen LogP) is 3.65. The molecule has 1 atom stereocenters. The van der Waals surface area contributed by atoms with Gasteiger partial charge in [-0.25, -0.2) is 4.98 Å². The monoisotopic (exact) mass is 441 g/mol. The van der Waals surface area contributed by atoms with Gasteiger partial charge in [0.15, 0.2) is 0 Å². The fourth-order valence-corrected chi connectivity index (χ4v) is 5.56. The zero-order valence-electron chi connectivity index (χ0n) is 18.1. The van der Waals surface area contributed by atoms with E-state index in [2.05, 4.69) is 16.8 Å². The van der Waals surface area contributed by atoms with Crippen LogP contribution >= 0.6 is 11.3 Å². The minimum absolute atomic E-state index is 0.0254. The van der Waals surface area contributed by atoms with Gasteiger partial charge < -0.3 is 14.8 Å². The fraction of sp³-hybridized carbons (Fsp3) is 0.500. The molecule has 0 saturated carbocycles. The van der Waals surface area contributed by atoms with Gasteiger partial charge in [0.25, 0.3) is 5.56 Å². The van der Waals surface area contributed by atoms with Gasteiger partial charge in [0, 0.05) is 11.4 Å². The molecule has 0 unspecified atom stereocenters. The van der Waals surface area contributed by atoms with Crippen molar-refractivity contribution < 1.29 is 9.84 Å². The van der Waals surface area contributed by atoms with Crippen LogP contribution in [0.25, 0.3) is 10.2 Å². The Balaban J connectivity index is 1.39. The maximum atomic E-state index is 12.8. The minimum atomic E-state index is -0.597. The summed E-state index contributed by atoms with van der Waals surface area (Å²) < 4.78 is 5.69. The first-order valence-electron chi connectivity index (χ1n) is 11.2. The summed E-state index contributed by atoms with van der Waals surface area (Å²) in [5, 5.41) is 11.3. The van der Waals surface area contributed by atoms with Crippen LogP contribution in [0, 0.1) is 0 Å². The Morgan fingerprint density at radius 3 is 2.87 bits per heavy atom. The number of hydrogen-bond donors (Lipinski definition) is 2. The summed E-state index contributed by atoms with van der Waals surface area (Å²) in [4.78, 5) is 24.9. The summed E-state index contributed by atoms with van der Waals surface area (Å²) in [5.74, 6) is 0.668. The number of aliphatic hydroxyl groups is 1. The highest BCUT2D eigenvalue weighted by Gasteiger charge is 2.20. The summed E-state index contributed by atoms with van der Waals surface area (Å²) in [6.45, 7) is 4.68. The lowest BCUT2D eigenvalue weighted by molar-refractivity contribution is 0.00820. The number of nitrogens with zero attached hydrogens (tertiary/aromatic N) is 2. The highest BCUT2D eigenvalue weighted by Crippen LogP contribution is 2.33. The normalized spacial score (nSPS) is 14.8. The maximum absolute atomic E-state index is 12.8. The molecule has 7 heteroatoms. The zero-order chi connectivity index (χ0) is 21.6. The summed E-state index contributed by atoms with van der Waals surface area (Å²) in [6.07, 6.45) is 4.74. The van der Waals surface area contributed by atoms with Crippen molar-refractivity contribution >= 4 is 21.6 Å². The van der Waals surface area contributed by atoms with Crippen molar-refractivity contribution in [1.82, 2.24) is 14.9 Å². The second kappa shape index (κ2) is 10.5. The van der Waals surface area contributed by atoms with Gasteiger partial charge in [0.2, 0.25) is 0 Å². The number of H-pyrrole nitrogens is 1. The molecule has 1 aromatic carbocycles. The van der Waals surface area contributed by atoms with Crippen molar-refractivity contribution in [3.63, 3.8) is 0 Å². The molecule has 0 radical (unpaired) electrons. The molecule has 3 aromatic rings. The zero-order valence-corrected chi connectivity index (χ0v) is 18.9. The molecular weight excluding hydrogens is 410 g/mol. The van der Waals surface area contributed by atoms with E-state index in [0.29, 0.717) is 25.5 Å². The lowest BCUT2D eigenvalue weighted by atomic mass is 9.97. The smallest absolute Gasteiger partial charge is 0.259 e. The van der Waals surface area contributed by atoms with Gasteiger partial charge in [-0.15, -0.1) is 11.3 Å². The van der Waals surface area contributed by atoms with E-state index in [1.54, 1.807) is 11.3 Å². The van der Waals surface area contributed by atoms with Crippen molar-refractivity contribution in [2.24, 2.45) is 0 Å². The summed E-state index contributed by atoms with van der Waals surface area (Å²) in [6, 6.07) is 9.95. The van der Waals surface area contributed by atoms with Crippen LogP contribution < -0.4 is 5.56 Å². The lowest BCUT2D eigenvalue weighted by Crippen LogP contribution is -2.36. The summed E-state index contributed by atoms with van der Waals surface area (Å²) in [5.41, 5.74) is 2.28. The third-order valence-electron chi connectivity index (χ3n) is 5.68. The molecule has 0 bridgehead atoms. The standard InChI is InChI=1S/C24H31N3O3S/c1-2-12-27(13-18(28)16-30-15-17-8-4-3-5-9-17)14-21-25-23(29)22-19-10-6-7-11-20(19)31-24(22)26-21/h3-5,8-9,18,28H,2,6-7,10-16H2,1H3,(H,25,26,29)/t18-/m1/s1. The van der Waals surface area contributed by atoms with Crippen LogP contribution in [0.2, 0.25) is 0 Å². The average Bonchev–Trinajstić information content (AvgIpc) is 3.13. The Hall–Kier alpha value is -2.06. The van der Waals surface area contributed by atoms with E-state index in [9.17, 15) is 9.90 Å². The Morgan fingerprint density at radius 2 is 2.06 bits per heavy atom. The van der Waals surface area contributed by atoms with Crippen molar-refractivity contribution in [1.29, 1.82) is 0 Å². The van der Waals surface area contributed by atoms with E-state index in [4.69, 9.17) is 9.72 Å². The topological polar surface area (TPSA) is 78.5 Å². The van der Waals surface area contributed by atoms with Crippen molar-refractivity contribution in [2.75, 3.05) is 19.7 Å². The first-order chi connectivity index (χ1) is 15.1. The predicted molar refractivity (Wildman–Crippen MR) is 125 cm³/mol. The fourth-order valence-electron chi connectivity index (χ4n) is 4.28. The number of aromatic amines is 1. The molecule has 0 amide bonds. The van der Waals surface area contributed by atoms with Crippen LogP contribution in [-0.4, -0.2) is 45.8 Å². The van der Waals surface area contributed by atoms with Crippen molar-refractivity contribution in [3.05, 3.63) is 62.5 Å². The van der Waals surface area contributed by atoms with Gasteiger partial charge in [-0.1, -0.05) is 37.3 Å². The molecule has 6 nitrogen and oxygen atoms in total. The number of fused-ring (bicyclic) bond motifs is 3. The Labute approximate surface area is 186 Å². The molecule has 31 heavy (non-hydrogen) atoms. The van der Waals surface area contributed by atoms with Crippen LogP contribution in [0.4, 0.5) is 0 Å². The second-order valence-electron chi connectivity index (χ2n) is 8.29. The first-order valence-corrected chi connectivity index (χ1v) is 12.0. The number of benzene rings is 1. The molecule has 0 fully saturated rings. The van der Waals surface area contributed by atoms with E-state index in [-0.39, 0.29) is 12.2 Å². The van der Waals surface area contributed by atoms with Gasteiger partial charge in [-0.05, 0) is 49.8 Å². The molecule has 2 N–H and O–H groups in total. The molecule has 0 aliphatic heterocycles. The second-order valence-corrected chi connectivity index (χ2v) is 9.38. The van der Waals surface area contributed by atoms with E-state index in [0.717, 1.165) is 48.0 Å². The van der Waals surface area contributed by atoms with E-state index in [1.807, 2.05) is 30.3 Å². The molecule has 1 aliphatic carbocycles. The van der Waals surface area contributed by atoms with Crippen LogP contribution in [-0.2, 0) is 30.7 Å². The first kappa shape index (κ1) is 22.1. The quantitative estimate of drug-likeness (QED) is 0.502. The molecule has 2 heterocycles. The van der Waals surface area contributed by atoms with Crippen molar-refractivity contribution in [2.45, 2.75) is 58.3 Å². The van der Waals surface area contributed by atoms with Crippen molar-refractivity contribution in [3.8, 4) is 0 Å². The number of hydrogen-bond acceptors (Lipinski definition) is 6. The number of aromatic nitrogens is 2. The summed E-state index contributed by atoms with van der Waals surface area (Å²) >= 11 is 1.67. The Bertz CT molecular complexity index is 1050. The molecular formula is C24H31N3O3S. The Morgan fingerprint density at radius 1 is 1.26 bits per heavy atom. The number of thiophene rings is 1. The number of nitrogens with one attached hydrogen (secondary N) is 1. The number of rotatable bonds is 10. The third-order valence-corrected chi connectivity index (χ3v) is 6.86. The summed E-state index contributed by atoms with van der Waals surface area (Å²) in [7, 11) is 0. The SMILES string of the molecule is CCCN(Cc1nc2sc3c(c2c(=O)[nH]1)CCCC3)C[C@@H](O)COCc1ccccc1. The highest BCUT2D eigenvalue weighted by atomic mass is 32.1. The third kappa shape index (κ3) is 5.60. The van der Waals surface area contributed by atoms with Gasteiger partial charge in [0.1, 0.15) is 10.7 Å². The minimum Gasteiger partial charge on any atom is -0.389 e. The Kier molecular flexibility index (Phi) is 7.50. The molecule has 1 aliphatic rings. The van der Waals surface area contributed by atoms with Gasteiger partial charge in [0.05, 0.1) is 31.2 Å². The molecule has 0 spiro atoms. The average molecular weight is 442 g/mol. The maximum Gasteiger partial charge on any atom is 0.259 e. The lowest BCUT2D eigenvalue weighted by Gasteiger charge is -2.24. The number of aliphatic hydroxyl groups excluding tert-OH is 1. The largest absolute Gasteiger partial charge is 0.389 e. The van der Waals surface area contributed by atoms with Crippen LogP contribution in [0.5, 0.6) is 0 Å². The van der Waals surface area contributed by atoms with Crippen LogP contribution in [0.1, 0.15) is 48.0 Å². The van der Waals surface area contributed by atoms with Crippen LogP contribution in [0.15, 0.2) is 35.1 Å². The van der Waals surface area contributed by atoms with E-state index < -0.39 is 6.10 Å². The molecule has 0 saturated heterocycles. The van der Waals surface area contributed by atoms with E-state index in [1.165, 1.54) is 16.9 Å². The van der Waals surface area contributed by atoms with E-state index >= 15 is 0 Å². The number of aryl methyl sites for hydroxylation is 2. The van der Waals surface area contributed by atoms with Crippen LogP contribution in [0.3, 0.4) is 0 Å². The molecule has 4 rings (SSSR count). The number of ether oxygens (including phenoxy) is 1. The molecule has 2 aromatic heterocycles. The van der Waals surface area contributed by atoms with Gasteiger partial charge in [-0.2, -0.15) is 0 Å². The molecule has 166 valence electrons.